The summed E-state index contributed by atoms with van der Waals surface area (Å²) >= 11 is 5.89. The fourth-order valence-electron chi connectivity index (χ4n) is 2.46. The lowest BCUT2D eigenvalue weighted by molar-refractivity contribution is 0.571. The molecule has 0 aliphatic rings. The fraction of sp³-hybridized carbons (Fsp3) is 0.200. The van der Waals surface area contributed by atoms with E-state index in [1.807, 2.05) is 24.3 Å². The summed E-state index contributed by atoms with van der Waals surface area (Å²) < 4.78 is 18.5. The Morgan fingerprint density at radius 1 is 1.11 bits per heavy atom. The molecule has 0 saturated heterocycles. The molecule has 2 N–H and O–H groups in total. The average Bonchev–Trinajstić information content (AvgIpc) is 3.15. The van der Waals surface area contributed by atoms with Gasteiger partial charge < -0.3 is 15.1 Å². The van der Waals surface area contributed by atoms with Gasteiger partial charge in [0.2, 0.25) is 5.89 Å². The zero-order valence-electron chi connectivity index (χ0n) is 15.3. The van der Waals surface area contributed by atoms with Crippen molar-refractivity contribution < 1.29 is 8.81 Å². The number of nitrogens with one attached hydrogen (secondary N) is 2. The van der Waals surface area contributed by atoms with E-state index in [2.05, 4.69) is 20.6 Å². The highest BCUT2D eigenvalue weighted by Gasteiger charge is 2.07. The summed E-state index contributed by atoms with van der Waals surface area (Å²) in [6.45, 7) is 1.30. The second kappa shape index (κ2) is 11.0. The molecule has 8 heteroatoms. The Kier molecular flexibility index (Phi) is 8.72. The van der Waals surface area contributed by atoms with E-state index in [9.17, 15) is 4.39 Å². The average molecular weight is 515 g/mol. The minimum atomic E-state index is -0.285. The highest BCUT2D eigenvalue weighted by Crippen LogP contribution is 2.19. The summed E-state index contributed by atoms with van der Waals surface area (Å²) in [5, 5.41) is 7.20. The fourth-order valence-corrected chi connectivity index (χ4v) is 2.59. The first-order chi connectivity index (χ1) is 13.1. The van der Waals surface area contributed by atoms with E-state index in [-0.39, 0.29) is 29.8 Å². The summed E-state index contributed by atoms with van der Waals surface area (Å²) in [5.74, 6) is 0.898. The maximum absolute atomic E-state index is 13.0. The lowest BCUT2D eigenvalue weighted by Crippen LogP contribution is -2.37. The smallest absolute Gasteiger partial charge is 0.226 e. The first-order valence-electron chi connectivity index (χ1n) is 8.53. The van der Waals surface area contributed by atoms with Crippen LogP contribution in [-0.4, -0.2) is 24.5 Å². The van der Waals surface area contributed by atoms with Gasteiger partial charge in [-0.2, -0.15) is 0 Å². The number of halogens is 3. The van der Waals surface area contributed by atoms with Crippen LogP contribution < -0.4 is 10.6 Å². The van der Waals surface area contributed by atoms with E-state index >= 15 is 0 Å². The van der Waals surface area contributed by atoms with Gasteiger partial charge in [0.25, 0.3) is 0 Å². The zero-order chi connectivity index (χ0) is 19.1. The molecule has 0 bridgehead atoms. The number of hydrogen-bond donors (Lipinski definition) is 2. The van der Waals surface area contributed by atoms with E-state index in [0.717, 1.165) is 16.8 Å². The molecule has 0 radical (unpaired) electrons. The molecule has 3 rings (SSSR count). The SMILES string of the molecule is CN=C(NCCc1coc(-c2ccc(F)cc2)n1)NCc1ccc(Cl)cc1.I. The molecule has 0 saturated carbocycles. The number of rotatable bonds is 6. The van der Waals surface area contributed by atoms with Crippen molar-refractivity contribution in [2.75, 3.05) is 13.6 Å². The van der Waals surface area contributed by atoms with Crippen molar-refractivity contribution in [1.29, 1.82) is 0 Å². The van der Waals surface area contributed by atoms with E-state index in [1.54, 1.807) is 25.4 Å². The molecule has 5 nitrogen and oxygen atoms in total. The van der Waals surface area contributed by atoms with E-state index in [1.165, 1.54) is 12.1 Å². The van der Waals surface area contributed by atoms with Crippen molar-refractivity contribution in [3.8, 4) is 11.5 Å². The summed E-state index contributed by atoms with van der Waals surface area (Å²) in [6, 6.07) is 13.7. The number of benzene rings is 2. The molecule has 1 heterocycles. The lowest BCUT2D eigenvalue weighted by Gasteiger charge is -2.11. The summed E-state index contributed by atoms with van der Waals surface area (Å²) in [7, 11) is 1.72. The van der Waals surface area contributed by atoms with Crippen LogP contribution in [0.3, 0.4) is 0 Å². The topological polar surface area (TPSA) is 62.5 Å². The second-order valence-corrected chi connectivity index (χ2v) is 6.32. The largest absolute Gasteiger partial charge is 0.444 e. The van der Waals surface area contributed by atoms with Crippen molar-refractivity contribution in [2.24, 2.45) is 4.99 Å². The minimum absolute atomic E-state index is 0. The van der Waals surface area contributed by atoms with E-state index in [4.69, 9.17) is 16.0 Å². The summed E-state index contributed by atoms with van der Waals surface area (Å²) in [5.41, 5.74) is 2.67. The van der Waals surface area contributed by atoms with Crippen LogP contribution in [0.2, 0.25) is 5.02 Å². The molecule has 0 amide bonds. The highest BCUT2D eigenvalue weighted by molar-refractivity contribution is 14.0. The number of aromatic nitrogens is 1. The Bertz CT molecular complexity index is 897. The normalized spacial score (nSPS) is 11.0. The van der Waals surface area contributed by atoms with E-state index < -0.39 is 0 Å². The van der Waals surface area contributed by atoms with Gasteiger partial charge in [-0.15, -0.1) is 24.0 Å². The Labute approximate surface area is 185 Å². The van der Waals surface area contributed by atoms with Gasteiger partial charge in [-0.3, -0.25) is 4.99 Å². The van der Waals surface area contributed by atoms with Crippen LogP contribution in [0.15, 0.2) is 64.2 Å². The van der Waals surface area contributed by atoms with Gasteiger partial charge in [-0.1, -0.05) is 23.7 Å². The van der Waals surface area contributed by atoms with Crippen LogP contribution in [-0.2, 0) is 13.0 Å². The molecule has 1 aromatic heterocycles. The third-order valence-corrected chi connectivity index (χ3v) is 4.17. The van der Waals surface area contributed by atoms with Crippen molar-refractivity contribution in [3.05, 3.63) is 76.9 Å². The van der Waals surface area contributed by atoms with E-state index in [0.29, 0.717) is 36.4 Å². The Balaban J connectivity index is 0.00000280. The molecule has 0 aliphatic heterocycles. The van der Waals surface area contributed by atoms with Gasteiger partial charge in [-0.05, 0) is 42.0 Å². The van der Waals surface area contributed by atoms with Crippen molar-refractivity contribution in [1.82, 2.24) is 15.6 Å². The number of guanidine groups is 1. The molecule has 2 aromatic carbocycles. The van der Waals surface area contributed by atoms with Crippen molar-refractivity contribution >= 4 is 41.5 Å². The first kappa shape index (κ1) is 22.2. The summed E-state index contributed by atoms with van der Waals surface area (Å²) in [4.78, 5) is 8.63. The van der Waals surface area contributed by atoms with Crippen molar-refractivity contribution in [2.45, 2.75) is 13.0 Å². The van der Waals surface area contributed by atoms with Gasteiger partial charge in [0, 0.05) is 37.1 Å². The molecule has 0 unspecified atom stereocenters. The van der Waals surface area contributed by atoms with Gasteiger partial charge in [0.1, 0.15) is 12.1 Å². The molecule has 28 heavy (non-hydrogen) atoms. The maximum atomic E-state index is 13.0. The van der Waals surface area contributed by atoms with Crippen LogP contribution in [0.4, 0.5) is 4.39 Å². The third-order valence-electron chi connectivity index (χ3n) is 3.91. The molecular weight excluding hydrogens is 494 g/mol. The Morgan fingerprint density at radius 3 is 2.50 bits per heavy atom. The van der Waals surface area contributed by atoms with Crippen LogP contribution in [0.5, 0.6) is 0 Å². The quantitative estimate of drug-likeness (QED) is 0.285. The summed E-state index contributed by atoms with van der Waals surface area (Å²) in [6.07, 6.45) is 2.29. The molecule has 3 aromatic rings. The van der Waals surface area contributed by atoms with Crippen LogP contribution in [0.1, 0.15) is 11.3 Å². The zero-order valence-corrected chi connectivity index (χ0v) is 18.4. The maximum Gasteiger partial charge on any atom is 0.226 e. The van der Waals surface area contributed by atoms with Gasteiger partial charge >= 0.3 is 0 Å². The Morgan fingerprint density at radius 2 is 1.82 bits per heavy atom. The first-order valence-corrected chi connectivity index (χ1v) is 8.91. The number of nitrogens with zero attached hydrogens (tertiary/aromatic N) is 2. The monoisotopic (exact) mass is 514 g/mol. The Hall–Kier alpha value is -2.13. The predicted molar refractivity (Wildman–Crippen MR) is 121 cm³/mol. The molecular formula is C20H21ClFIN4O. The molecule has 0 fully saturated rings. The molecule has 0 atom stereocenters. The van der Waals surface area contributed by atoms with Crippen LogP contribution in [0, 0.1) is 5.82 Å². The minimum Gasteiger partial charge on any atom is -0.444 e. The standard InChI is InChI=1S/C20H20ClFN4O.HI/c1-23-20(25-12-14-2-6-16(21)7-3-14)24-11-10-18-13-27-19(26-18)15-4-8-17(22)9-5-15;/h2-9,13H,10-12H2,1H3,(H2,23,24,25);1H. The number of aliphatic imine (C=N–C) groups is 1. The number of oxazole rings is 1. The highest BCUT2D eigenvalue weighted by atomic mass is 127. The third kappa shape index (κ3) is 6.49. The molecule has 0 aliphatic carbocycles. The number of hydrogen-bond acceptors (Lipinski definition) is 3. The van der Waals surface area contributed by atoms with Crippen molar-refractivity contribution in [3.63, 3.8) is 0 Å². The van der Waals surface area contributed by atoms with Crippen LogP contribution >= 0.6 is 35.6 Å². The van der Waals surface area contributed by atoms with Crippen LogP contribution in [0.25, 0.3) is 11.5 Å². The molecule has 148 valence electrons. The predicted octanol–water partition coefficient (Wildman–Crippen LogP) is 4.66. The van der Waals surface area contributed by atoms with Gasteiger partial charge in [0.15, 0.2) is 5.96 Å². The van der Waals surface area contributed by atoms with Gasteiger partial charge in [-0.25, -0.2) is 9.37 Å². The second-order valence-electron chi connectivity index (χ2n) is 5.88. The molecule has 0 spiro atoms. The lowest BCUT2D eigenvalue weighted by atomic mass is 10.2. The van der Waals surface area contributed by atoms with Gasteiger partial charge in [0.05, 0.1) is 5.69 Å².